The molecule has 2 heterocycles. The second kappa shape index (κ2) is 7.00. The van der Waals surface area contributed by atoms with Crippen molar-refractivity contribution >= 4 is 28.8 Å². The van der Waals surface area contributed by atoms with Crippen LogP contribution in [0.15, 0.2) is 35.7 Å². The molecule has 1 aliphatic heterocycles. The van der Waals surface area contributed by atoms with Crippen molar-refractivity contribution in [3.8, 4) is 0 Å². The normalized spacial score (nSPS) is 19.3. The van der Waals surface area contributed by atoms with E-state index in [0.29, 0.717) is 19.5 Å². The Morgan fingerprint density at radius 2 is 2.12 bits per heavy atom. The van der Waals surface area contributed by atoms with Gasteiger partial charge in [0.15, 0.2) is 0 Å². The van der Waals surface area contributed by atoms with Crippen molar-refractivity contribution in [1.82, 2.24) is 5.32 Å². The summed E-state index contributed by atoms with van der Waals surface area (Å²) in [6.45, 7) is 1.12. The highest BCUT2D eigenvalue weighted by Gasteiger charge is 2.35. The zero-order valence-electron chi connectivity index (χ0n) is 14.2. The Labute approximate surface area is 151 Å². The van der Waals surface area contributed by atoms with Gasteiger partial charge in [0, 0.05) is 30.1 Å². The summed E-state index contributed by atoms with van der Waals surface area (Å²) >= 11 is 1.70. The van der Waals surface area contributed by atoms with E-state index in [2.05, 4.69) is 23.5 Å². The van der Waals surface area contributed by atoms with E-state index in [9.17, 15) is 9.59 Å². The van der Waals surface area contributed by atoms with Crippen molar-refractivity contribution in [2.24, 2.45) is 5.92 Å². The molecule has 0 saturated carbocycles. The molecule has 130 valence electrons. The summed E-state index contributed by atoms with van der Waals surface area (Å²) in [4.78, 5) is 27.8. The van der Waals surface area contributed by atoms with Crippen molar-refractivity contribution < 1.29 is 9.59 Å². The summed E-state index contributed by atoms with van der Waals surface area (Å²) in [6, 6.07) is 10.4. The largest absolute Gasteiger partial charge is 0.355 e. The lowest BCUT2D eigenvalue weighted by Crippen LogP contribution is -2.34. The molecule has 5 heteroatoms. The Balaban J connectivity index is 1.35. The first-order valence-corrected chi connectivity index (χ1v) is 9.81. The lowest BCUT2D eigenvalue weighted by Gasteiger charge is -2.18. The summed E-state index contributed by atoms with van der Waals surface area (Å²) in [6.07, 6.45) is 4.58. The molecule has 2 aliphatic rings. The maximum absolute atomic E-state index is 12.4. The molecule has 0 bridgehead atoms. The molecule has 1 unspecified atom stereocenters. The molecule has 1 aromatic carbocycles. The fourth-order valence-electron chi connectivity index (χ4n) is 3.77. The number of rotatable bonds is 5. The molecule has 0 spiro atoms. The third kappa shape index (κ3) is 3.47. The van der Waals surface area contributed by atoms with Crippen LogP contribution < -0.4 is 10.2 Å². The van der Waals surface area contributed by atoms with Crippen LogP contribution in [0.1, 0.15) is 28.8 Å². The predicted molar refractivity (Wildman–Crippen MR) is 100.0 cm³/mol. The van der Waals surface area contributed by atoms with Crippen molar-refractivity contribution in [1.29, 1.82) is 0 Å². The first-order valence-electron chi connectivity index (χ1n) is 8.93. The van der Waals surface area contributed by atoms with Gasteiger partial charge in [0.1, 0.15) is 0 Å². The molecular weight excluding hydrogens is 332 g/mol. The summed E-state index contributed by atoms with van der Waals surface area (Å²) in [7, 11) is 0. The van der Waals surface area contributed by atoms with Crippen LogP contribution in [-0.2, 0) is 28.9 Å². The highest BCUT2D eigenvalue weighted by molar-refractivity contribution is 7.09. The van der Waals surface area contributed by atoms with Crippen LogP contribution in [0, 0.1) is 5.92 Å². The van der Waals surface area contributed by atoms with Gasteiger partial charge >= 0.3 is 0 Å². The van der Waals surface area contributed by atoms with Crippen LogP contribution >= 0.6 is 11.3 Å². The SMILES string of the molecule is O=C(NCCc1cccs1)C1CC(=O)N(c2ccc3c(c2)CCC3)C1. The molecule has 0 radical (unpaired) electrons. The number of amides is 2. The van der Waals surface area contributed by atoms with E-state index in [1.807, 2.05) is 17.5 Å². The Morgan fingerprint density at radius 3 is 2.96 bits per heavy atom. The topological polar surface area (TPSA) is 49.4 Å². The van der Waals surface area contributed by atoms with Crippen molar-refractivity contribution in [3.05, 3.63) is 51.7 Å². The highest BCUT2D eigenvalue weighted by atomic mass is 32.1. The fourth-order valence-corrected chi connectivity index (χ4v) is 4.48. The van der Waals surface area contributed by atoms with Gasteiger partial charge in [0.05, 0.1) is 5.92 Å². The number of fused-ring (bicyclic) bond motifs is 1. The third-order valence-electron chi connectivity index (χ3n) is 5.14. The smallest absolute Gasteiger partial charge is 0.227 e. The average molecular weight is 354 g/mol. The predicted octanol–water partition coefficient (Wildman–Crippen LogP) is 2.95. The number of hydrogen-bond donors (Lipinski definition) is 1. The number of aryl methyl sites for hydroxylation is 2. The van der Waals surface area contributed by atoms with Crippen LogP contribution in [-0.4, -0.2) is 24.9 Å². The van der Waals surface area contributed by atoms with E-state index in [1.54, 1.807) is 16.2 Å². The van der Waals surface area contributed by atoms with Gasteiger partial charge in [-0.25, -0.2) is 0 Å². The van der Waals surface area contributed by atoms with E-state index in [4.69, 9.17) is 0 Å². The number of hydrogen-bond acceptors (Lipinski definition) is 3. The molecule has 2 aromatic rings. The van der Waals surface area contributed by atoms with Gasteiger partial charge in [-0.1, -0.05) is 12.1 Å². The van der Waals surface area contributed by atoms with Gasteiger partial charge in [0.25, 0.3) is 0 Å². The zero-order chi connectivity index (χ0) is 17.2. The van der Waals surface area contributed by atoms with Crippen molar-refractivity contribution in [3.63, 3.8) is 0 Å². The minimum Gasteiger partial charge on any atom is -0.355 e. The summed E-state index contributed by atoms with van der Waals surface area (Å²) in [5.74, 6) is -0.200. The monoisotopic (exact) mass is 354 g/mol. The van der Waals surface area contributed by atoms with Gasteiger partial charge in [-0.3, -0.25) is 9.59 Å². The van der Waals surface area contributed by atoms with Crippen LogP contribution in [0.5, 0.6) is 0 Å². The third-order valence-corrected chi connectivity index (χ3v) is 6.08. The molecule has 25 heavy (non-hydrogen) atoms. The van der Waals surface area contributed by atoms with Crippen LogP contribution in [0.25, 0.3) is 0 Å². The maximum Gasteiger partial charge on any atom is 0.227 e. The number of nitrogens with zero attached hydrogens (tertiary/aromatic N) is 1. The molecular formula is C20H22N2O2S. The summed E-state index contributed by atoms with van der Waals surface area (Å²) in [5, 5.41) is 5.03. The number of anilines is 1. The van der Waals surface area contributed by atoms with E-state index < -0.39 is 0 Å². The van der Waals surface area contributed by atoms with E-state index in [0.717, 1.165) is 24.9 Å². The van der Waals surface area contributed by atoms with Crippen molar-refractivity contribution in [2.75, 3.05) is 18.0 Å². The molecule has 1 fully saturated rings. The van der Waals surface area contributed by atoms with Gasteiger partial charge in [0.2, 0.25) is 11.8 Å². The highest BCUT2D eigenvalue weighted by Crippen LogP contribution is 2.30. The standard InChI is InChI=1S/C20H22N2O2S/c23-19-12-16(20(24)21-9-8-18-5-2-10-25-18)13-22(19)17-7-6-14-3-1-4-15(14)11-17/h2,5-7,10-11,16H,1,3-4,8-9,12-13H2,(H,21,24). The summed E-state index contributed by atoms with van der Waals surface area (Å²) < 4.78 is 0. The van der Waals surface area contributed by atoms with Gasteiger partial charge in [-0.15, -0.1) is 11.3 Å². The number of carbonyl (C=O) groups excluding carboxylic acids is 2. The minimum absolute atomic E-state index is 0.00596. The van der Waals surface area contributed by atoms with Gasteiger partial charge in [-0.2, -0.15) is 0 Å². The van der Waals surface area contributed by atoms with Crippen LogP contribution in [0.2, 0.25) is 0 Å². The molecule has 4 rings (SSSR count). The lowest BCUT2D eigenvalue weighted by atomic mass is 10.1. The lowest BCUT2D eigenvalue weighted by molar-refractivity contribution is -0.126. The quantitative estimate of drug-likeness (QED) is 0.897. The Morgan fingerprint density at radius 1 is 1.24 bits per heavy atom. The Bertz CT molecular complexity index is 785. The molecule has 1 aromatic heterocycles. The van der Waals surface area contributed by atoms with Crippen LogP contribution in [0.4, 0.5) is 5.69 Å². The van der Waals surface area contributed by atoms with Gasteiger partial charge in [-0.05, 0) is 60.4 Å². The van der Waals surface area contributed by atoms with Crippen molar-refractivity contribution in [2.45, 2.75) is 32.1 Å². The first-order chi connectivity index (χ1) is 12.2. The second-order valence-electron chi connectivity index (χ2n) is 6.83. The average Bonchev–Trinajstić information content (AvgIpc) is 3.34. The van der Waals surface area contributed by atoms with E-state index in [1.165, 1.54) is 22.4 Å². The number of thiophene rings is 1. The number of carbonyl (C=O) groups is 2. The summed E-state index contributed by atoms with van der Waals surface area (Å²) in [5.41, 5.74) is 3.70. The number of nitrogens with one attached hydrogen (secondary N) is 1. The number of benzene rings is 1. The van der Waals surface area contributed by atoms with E-state index in [-0.39, 0.29) is 17.7 Å². The molecule has 1 aliphatic carbocycles. The first kappa shape index (κ1) is 16.3. The Kier molecular flexibility index (Phi) is 4.57. The second-order valence-corrected chi connectivity index (χ2v) is 7.86. The van der Waals surface area contributed by atoms with Gasteiger partial charge < -0.3 is 10.2 Å². The molecule has 4 nitrogen and oxygen atoms in total. The molecule has 1 N–H and O–H groups in total. The maximum atomic E-state index is 12.4. The Hall–Kier alpha value is -2.14. The molecule has 1 atom stereocenters. The minimum atomic E-state index is -0.246. The molecule has 2 amide bonds. The van der Waals surface area contributed by atoms with Crippen LogP contribution in [0.3, 0.4) is 0 Å². The fraction of sp³-hybridized carbons (Fsp3) is 0.400. The zero-order valence-corrected chi connectivity index (χ0v) is 15.0. The van der Waals surface area contributed by atoms with E-state index >= 15 is 0 Å². The molecule has 1 saturated heterocycles.